The molecule has 142 valence electrons. The molecule has 2 amide bonds. The van der Waals surface area contributed by atoms with E-state index in [4.69, 9.17) is 11.6 Å². The van der Waals surface area contributed by atoms with Gasteiger partial charge in [0.2, 0.25) is 5.91 Å². The first-order valence-electron chi connectivity index (χ1n) is 9.23. The van der Waals surface area contributed by atoms with Gasteiger partial charge in [0.25, 0.3) is 5.91 Å². The summed E-state index contributed by atoms with van der Waals surface area (Å²) >= 11 is 5.97. The molecule has 0 spiro atoms. The van der Waals surface area contributed by atoms with Crippen LogP contribution in [0, 0.1) is 5.92 Å². The molecule has 2 aromatic carbocycles. The van der Waals surface area contributed by atoms with E-state index in [9.17, 15) is 9.59 Å². The Labute approximate surface area is 164 Å². The fraction of sp³-hybridized carbons (Fsp3) is 0.333. The second-order valence-corrected chi connectivity index (χ2v) is 7.17. The molecule has 0 bridgehead atoms. The molecule has 5 nitrogen and oxygen atoms in total. The van der Waals surface area contributed by atoms with Crippen molar-refractivity contribution in [3.8, 4) is 0 Å². The summed E-state index contributed by atoms with van der Waals surface area (Å²) in [7, 11) is 0. The molecule has 3 N–H and O–H groups in total. The zero-order valence-electron chi connectivity index (χ0n) is 15.3. The third-order valence-electron chi connectivity index (χ3n) is 4.55. The van der Waals surface area contributed by atoms with Crippen LogP contribution in [0.4, 0.5) is 5.69 Å². The topological polar surface area (TPSA) is 70.2 Å². The minimum absolute atomic E-state index is 0.136. The first-order valence-corrected chi connectivity index (χ1v) is 9.61. The predicted octanol–water partition coefficient (Wildman–Crippen LogP) is 3.77. The lowest BCUT2D eigenvalue weighted by Gasteiger charge is -2.19. The molecular formula is C21H24ClN3O2. The van der Waals surface area contributed by atoms with E-state index >= 15 is 0 Å². The SMILES string of the molecule is CCNC(=O)c1cccc(NC(=O)CNC(c2ccc(Cl)cc2)C2CC2)c1. The second kappa shape index (κ2) is 9.02. The highest BCUT2D eigenvalue weighted by Gasteiger charge is 2.32. The maximum absolute atomic E-state index is 12.4. The van der Waals surface area contributed by atoms with Crippen LogP contribution in [-0.4, -0.2) is 24.9 Å². The van der Waals surface area contributed by atoms with Gasteiger partial charge in [0.15, 0.2) is 0 Å². The van der Waals surface area contributed by atoms with Gasteiger partial charge in [0.1, 0.15) is 0 Å². The minimum atomic E-state index is -0.150. The second-order valence-electron chi connectivity index (χ2n) is 6.74. The summed E-state index contributed by atoms with van der Waals surface area (Å²) in [5, 5.41) is 9.67. The Morgan fingerprint density at radius 1 is 1.15 bits per heavy atom. The van der Waals surface area contributed by atoms with E-state index in [1.54, 1.807) is 24.3 Å². The third kappa shape index (κ3) is 5.55. The summed E-state index contributed by atoms with van der Waals surface area (Å²) in [4.78, 5) is 24.3. The monoisotopic (exact) mass is 385 g/mol. The molecule has 1 aliphatic carbocycles. The van der Waals surface area contributed by atoms with Crippen molar-refractivity contribution in [3.63, 3.8) is 0 Å². The number of carbonyl (C=O) groups excluding carboxylic acids is 2. The van der Waals surface area contributed by atoms with Gasteiger partial charge >= 0.3 is 0 Å². The van der Waals surface area contributed by atoms with Crippen molar-refractivity contribution >= 4 is 29.1 Å². The van der Waals surface area contributed by atoms with Crippen LogP contribution in [0.1, 0.15) is 41.7 Å². The smallest absolute Gasteiger partial charge is 0.251 e. The Bertz CT molecular complexity index is 803. The summed E-state index contributed by atoms with van der Waals surface area (Å²) in [5.41, 5.74) is 2.28. The average molecular weight is 386 g/mol. The van der Waals surface area contributed by atoms with Crippen LogP contribution in [0.15, 0.2) is 48.5 Å². The number of nitrogens with one attached hydrogen (secondary N) is 3. The Kier molecular flexibility index (Phi) is 6.48. The van der Waals surface area contributed by atoms with Gasteiger partial charge in [-0.3, -0.25) is 9.59 Å². The van der Waals surface area contributed by atoms with Gasteiger partial charge in [0, 0.05) is 28.9 Å². The summed E-state index contributed by atoms with van der Waals surface area (Å²) in [6.45, 7) is 2.63. The minimum Gasteiger partial charge on any atom is -0.352 e. The lowest BCUT2D eigenvalue weighted by molar-refractivity contribution is -0.115. The largest absolute Gasteiger partial charge is 0.352 e. The van der Waals surface area contributed by atoms with Gasteiger partial charge in [-0.2, -0.15) is 0 Å². The van der Waals surface area contributed by atoms with Crippen LogP contribution >= 0.6 is 11.6 Å². The molecule has 1 aliphatic rings. The highest BCUT2D eigenvalue weighted by molar-refractivity contribution is 6.30. The molecule has 1 saturated carbocycles. The van der Waals surface area contributed by atoms with Crippen molar-refractivity contribution in [1.29, 1.82) is 0 Å². The van der Waals surface area contributed by atoms with E-state index < -0.39 is 0 Å². The van der Waals surface area contributed by atoms with Crippen molar-refractivity contribution < 1.29 is 9.59 Å². The Hall–Kier alpha value is -2.37. The number of benzene rings is 2. The Morgan fingerprint density at radius 2 is 1.89 bits per heavy atom. The number of rotatable bonds is 8. The maximum atomic E-state index is 12.4. The molecule has 1 fully saturated rings. The van der Waals surface area contributed by atoms with Crippen molar-refractivity contribution in [2.24, 2.45) is 5.92 Å². The molecule has 0 radical (unpaired) electrons. The number of hydrogen-bond donors (Lipinski definition) is 3. The van der Waals surface area contributed by atoms with Crippen LogP contribution in [-0.2, 0) is 4.79 Å². The molecule has 2 aromatic rings. The van der Waals surface area contributed by atoms with Crippen molar-refractivity contribution in [3.05, 3.63) is 64.7 Å². The molecule has 1 unspecified atom stereocenters. The summed E-state index contributed by atoms with van der Waals surface area (Å²) < 4.78 is 0. The average Bonchev–Trinajstić information content (AvgIpc) is 3.49. The first kappa shape index (κ1) is 19.4. The van der Waals surface area contributed by atoms with Crippen LogP contribution < -0.4 is 16.0 Å². The normalized spacial score (nSPS) is 14.4. The lowest BCUT2D eigenvalue weighted by atomic mass is 10.0. The van der Waals surface area contributed by atoms with Gasteiger partial charge < -0.3 is 16.0 Å². The molecule has 0 heterocycles. The summed E-state index contributed by atoms with van der Waals surface area (Å²) in [5.74, 6) is 0.269. The maximum Gasteiger partial charge on any atom is 0.251 e. The number of halogens is 1. The summed E-state index contributed by atoms with van der Waals surface area (Å²) in [6, 6.07) is 14.9. The predicted molar refractivity (Wildman–Crippen MR) is 108 cm³/mol. The van der Waals surface area contributed by atoms with Crippen molar-refractivity contribution in [2.45, 2.75) is 25.8 Å². The zero-order chi connectivity index (χ0) is 19.2. The molecule has 0 aliphatic heterocycles. The standard InChI is InChI=1S/C21H24ClN3O2/c1-2-23-21(27)16-4-3-5-18(12-16)25-19(26)13-24-20(14-6-7-14)15-8-10-17(22)11-9-15/h3-5,8-12,14,20,24H,2,6-7,13H2,1H3,(H,23,27)(H,25,26). The van der Waals surface area contributed by atoms with E-state index in [0.717, 1.165) is 18.4 Å². The number of amides is 2. The van der Waals surface area contributed by atoms with E-state index in [-0.39, 0.29) is 24.4 Å². The molecule has 6 heteroatoms. The lowest BCUT2D eigenvalue weighted by Crippen LogP contribution is -2.32. The molecule has 3 rings (SSSR count). The number of hydrogen-bond acceptors (Lipinski definition) is 3. The van der Waals surface area contributed by atoms with Crippen LogP contribution in [0.25, 0.3) is 0 Å². The van der Waals surface area contributed by atoms with Gasteiger partial charge in [-0.1, -0.05) is 29.8 Å². The van der Waals surface area contributed by atoms with E-state index in [2.05, 4.69) is 16.0 Å². The fourth-order valence-corrected chi connectivity index (χ4v) is 3.19. The van der Waals surface area contributed by atoms with E-state index in [1.165, 1.54) is 0 Å². The molecule has 1 atom stereocenters. The Balaban J connectivity index is 1.58. The summed E-state index contributed by atoms with van der Waals surface area (Å²) in [6.07, 6.45) is 2.33. The highest BCUT2D eigenvalue weighted by Crippen LogP contribution is 2.41. The molecule has 0 saturated heterocycles. The Morgan fingerprint density at radius 3 is 2.56 bits per heavy atom. The van der Waals surface area contributed by atoms with Gasteiger partial charge in [-0.15, -0.1) is 0 Å². The zero-order valence-corrected chi connectivity index (χ0v) is 16.1. The van der Waals surface area contributed by atoms with Crippen LogP contribution in [0.2, 0.25) is 5.02 Å². The van der Waals surface area contributed by atoms with Gasteiger partial charge in [-0.25, -0.2) is 0 Å². The van der Waals surface area contributed by atoms with Gasteiger partial charge in [0.05, 0.1) is 6.54 Å². The quantitative estimate of drug-likeness (QED) is 0.647. The van der Waals surface area contributed by atoms with E-state index in [0.29, 0.717) is 28.7 Å². The molecular weight excluding hydrogens is 362 g/mol. The third-order valence-corrected chi connectivity index (χ3v) is 4.80. The van der Waals surface area contributed by atoms with Crippen molar-refractivity contribution in [2.75, 3.05) is 18.4 Å². The van der Waals surface area contributed by atoms with Gasteiger partial charge in [-0.05, 0) is 61.6 Å². The van der Waals surface area contributed by atoms with E-state index in [1.807, 2.05) is 31.2 Å². The first-order chi connectivity index (χ1) is 13.1. The van der Waals surface area contributed by atoms with Crippen LogP contribution in [0.5, 0.6) is 0 Å². The van der Waals surface area contributed by atoms with Crippen LogP contribution in [0.3, 0.4) is 0 Å². The number of anilines is 1. The fourth-order valence-electron chi connectivity index (χ4n) is 3.07. The molecule has 27 heavy (non-hydrogen) atoms. The molecule has 0 aromatic heterocycles. The number of carbonyl (C=O) groups is 2. The highest BCUT2D eigenvalue weighted by atomic mass is 35.5. The van der Waals surface area contributed by atoms with Crippen molar-refractivity contribution in [1.82, 2.24) is 10.6 Å².